The number of ether oxygens (including phenoxy) is 1. The van der Waals surface area contributed by atoms with Gasteiger partial charge in [-0.15, -0.1) is 0 Å². The molecule has 1 fully saturated rings. The summed E-state index contributed by atoms with van der Waals surface area (Å²) >= 11 is 0. The molecule has 1 aliphatic heterocycles. The highest BCUT2D eigenvalue weighted by molar-refractivity contribution is 5.82. The molecule has 7 nitrogen and oxygen atoms in total. The molecule has 1 aromatic rings. The molecular weight excluding hydrogens is 308 g/mol. The third-order valence-corrected chi connectivity index (χ3v) is 4.07. The smallest absolute Gasteiger partial charge is 0.409 e. The lowest BCUT2D eigenvalue weighted by Gasteiger charge is -2.25. The summed E-state index contributed by atoms with van der Waals surface area (Å²) in [5.74, 6) is -0.0988. The zero-order chi connectivity index (χ0) is 17.5. The van der Waals surface area contributed by atoms with E-state index in [0.29, 0.717) is 25.2 Å². The van der Waals surface area contributed by atoms with Gasteiger partial charge < -0.3 is 19.4 Å². The fourth-order valence-electron chi connectivity index (χ4n) is 2.77. The summed E-state index contributed by atoms with van der Waals surface area (Å²) in [6.07, 6.45) is 0.288. The van der Waals surface area contributed by atoms with Gasteiger partial charge in [0.2, 0.25) is 5.91 Å². The molecule has 0 aromatic heterocycles. The van der Waals surface area contributed by atoms with Crippen LogP contribution in [0.2, 0.25) is 0 Å². The van der Waals surface area contributed by atoms with E-state index < -0.39 is 6.09 Å². The average Bonchev–Trinajstić information content (AvgIpc) is 2.86. The molecule has 0 atom stereocenters. The largest absolute Gasteiger partial charge is 0.453 e. The summed E-state index contributed by atoms with van der Waals surface area (Å²) in [4.78, 5) is 28.9. The Morgan fingerprint density at radius 2 is 2.00 bits per heavy atom. The van der Waals surface area contributed by atoms with Crippen molar-refractivity contribution in [2.75, 3.05) is 51.8 Å². The van der Waals surface area contributed by atoms with E-state index in [0.717, 1.165) is 18.7 Å². The highest BCUT2D eigenvalue weighted by Crippen LogP contribution is 2.21. The second kappa shape index (κ2) is 8.20. The van der Waals surface area contributed by atoms with Crippen molar-refractivity contribution >= 4 is 17.7 Å². The van der Waals surface area contributed by atoms with Crippen molar-refractivity contribution in [2.24, 2.45) is 0 Å². The van der Waals surface area contributed by atoms with Crippen LogP contribution in [0.3, 0.4) is 0 Å². The molecule has 0 bridgehead atoms. The van der Waals surface area contributed by atoms with Crippen LogP contribution in [0.25, 0.3) is 0 Å². The van der Waals surface area contributed by atoms with Crippen LogP contribution in [-0.4, -0.2) is 68.7 Å². The zero-order valence-corrected chi connectivity index (χ0v) is 14.1. The Kier molecular flexibility index (Phi) is 6.01. The Balaban J connectivity index is 1.99. The van der Waals surface area contributed by atoms with Crippen molar-refractivity contribution in [2.45, 2.75) is 6.42 Å². The monoisotopic (exact) mass is 330 g/mol. The fourth-order valence-corrected chi connectivity index (χ4v) is 2.77. The number of methoxy groups -OCH3 is 1. The summed E-state index contributed by atoms with van der Waals surface area (Å²) in [6.45, 7) is 2.65. The Hall–Kier alpha value is -2.75. The van der Waals surface area contributed by atoms with E-state index in [1.165, 1.54) is 19.1 Å². The predicted molar refractivity (Wildman–Crippen MR) is 89.6 cm³/mol. The Labute approximate surface area is 142 Å². The summed E-state index contributed by atoms with van der Waals surface area (Å²) in [5.41, 5.74) is 1.55. The van der Waals surface area contributed by atoms with E-state index in [1.807, 2.05) is 18.2 Å². The van der Waals surface area contributed by atoms with Gasteiger partial charge in [-0.1, -0.05) is 12.1 Å². The Morgan fingerprint density at radius 1 is 1.25 bits per heavy atom. The first-order valence-electron chi connectivity index (χ1n) is 7.87. The van der Waals surface area contributed by atoms with Crippen LogP contribution < -0.4 is 4.90 Å². The number of carbonyl (C=O) groups is 2. The molecule has 0 N–H and O–H groups in total. The van der Waals surface area contributed by atoms with Gasteiger partial charge in [0.1, 0.15) is 12.6 Å². The topological polar surface area (TPSA) is 76.9 Å². The molecule has 2 rings (SSSR count). The fraction of sp³-hybridized carbons (Fsp3) is 0.471. The van der Waals surface area contributed by atoms with Crippen molar-refractivity contribution in [1.29, 1.82) is 5.26 Å². The summed E-state index contributed by atoms with van der Waals surface area (Å²) in [5, 5.41) is 9.24. The van der Waals surface area contributed by atoms with Crippen LogP contribution in [0, 0.1) is 11.3 Å². The second-order valence-electron chi connectivity index (χ2n) is 5.68. The number of nitrogens with zero attached hydrogens (tertiary/aromatic N) is 4. The van der Waals surface area contributed by atoms with E-state index in [9.17, 15) is 14.9 Å². The van der Waals surface area contributed by atoms with Crippen molar-refractivity contribution in [1.82, 2.24) is 9.80 Å². The quantitative estimate of drug-likeness (QED) is 0.835. The van der Waals surface area contributed by atoms with Crippen LogP contribution >= 0.6 is 0 Å². The molecule has 0 unspecified atom stereocenters. The highest BCUT2D eigenvalue weighted by atomic mass is 16.5. The summed E-state index contributed by atoms with van der Waals surface area (Å²) in [6, 6.07) is 9.70. The van der Waals surface area contributed by atoms with Gasteiger partial charge >= 0.3 is 6.09 Å². The van der Waals surface area contributed by atoms with E-state index in [-0.39, 0.29) is 12.5 Å². The summed E-state index contributed by atoms with van der Waals surface area (Å²) in [7, 11) is 2.83. The number of para-hydroxylation sites is 1. The first-order chi connectivity index (χ1) is 11.6. The van der Waals surface area contributed by atoms with Gasteiger partial charge in [-0.25, -0.2) is 4.79 Å². The van der Waals surface area contributed by atoms with Crippen molar-refractivity contribution in [3.63, 3.8) is 0 Å². The minimum Gasteiger partial charge on any atom is -0.453 e. The van der Waals surface area contributed by atoms with Crippen LogP contribution in [0.4, 0.5) is 10.5 Å². The number of hydrogen-bond donors (Lipinski definition) is 0. The van der Waals surface area contributed by atoms with Gasteiger partial charge in [0.05, 0.1) is 18.4 Å². The standard InChI is InChI=1S/C17H22N4O3/c1-19(17(23)24-2)13-16(22)21-9-5-8-20(10-11-21)15-7-4-3-6-14(15)12-18/h3-4,6-7H,5,8-11,13H2,1-2H3. The lowest BCUT2D eigenvalue weighted by Crippen LogP contribution is -2.42. The molecule has 0 spiro atoms. The minimum atomic E-state index is -0.525. The van der Waals surface area contributed by atoms with E-state index in [1.54, 1.807) is 11.0 Å². The first-order valence-corrected chi connectivity index (χ1v) is 7.87. The average molecular weight is 330 g/mol. The maximum absolute atomic E-state index is 12.4. The van der Waals surface area contributed by atoms with Crippen molar-refractivity contribution < 1.29 is 14.3 Å². The zero-order valence-electron chi connectivity index (χ0n) is 14.1. The number of benzene rings is 1. The lowest BCUT2D eigenvalue weighted by molar-refractivity contribution is -0.131. The van der Waals surface area contributed by atoms with Crippen molar-refractivity contribution in [3.05, 3.63) is 29.8 Å². The van der Waals surface area contributed by atoms with Gasteiger partial charge in [-0.3, -0.25) is 4.79 Å². The lowest BCUT2D eigenvalue weighted by atomic mass is 10.1. The number of carbonyl (C=O) groups excluding carboxylic acids is 2. The van der Waals surface area contributed by atoms with Gasteiger partial charge in [0, 0.05) is 33.2 Å². The number of amides is 2. The van der Waals surface area contributed by atoms with Gasteiger partial charge in [0.15, 0.2) is 0 Å². The maximum Gasteiger partial charge on any atom is 0.409 e. The highest BCUT2D eigenvalue weighted by Gasteiger charge is 2.22. The minimum absolute atomic E-state index is 0.00144. The molecule has 0 saturated carbocycles. The molecule has 0 radical (unpaired) electrons. The van der Waals surface area contributed by atoms with E-state index in [4.69, 9.17) is 0 Å². The molecular formula is C17H22N4O3. The SMILES string of the molecule is COC(=O)N(C)CC(=O)N1CCCN(c2ccccc2C#N)CC1. The number of anilines is 1. The van der Waals surface area contributed by atoms with Crippen LogP contribution in [0.1, 0.15) is 12.0 Å². The van der Waals surface area contributed by atoms with Gasteiger partial charge in [-0.2, -0.15) is 5.26 Å². The van der Waals surface area contributed by atoms with Crippen LogP contribution in [0.15, 0.2) is 24.3 Å². The maximum atomic E-state index is 12.4. The summed E-state index contributed by atoms with van der Waals surface area (Å²) < 4.78 is 4.60. The van der Waals surface area contributed by atoms with Gasteiger partial charge in [0.25, 0.3) is 0 Å². The number of likely N-dealkylation sites (N-methyl/N-ethyl adjacent to an activating group) is 1. The molecule has 7 heteroatoms. The Morgan fingerprint density at radius 3 is 2.71 bits per heavy atom. The molecule has 0 aliphatic carbocycles. The third-order valence-electron chi connectivity index (χ3n) is 4.07. The Bertz CT molecular complexity index is 641. The molecule has 128 valence electrons. The molecule has 1 saturated heterocycles. The molecule has 2 amide bonds. The van der Waals surface area contributed by atoms with Crippen LogP contribution in [-0.2, 0) is 9.53 Å². The van der Waals surface area contributed by atoms with E-state index >= 15 is 0 Å². The number of nitriles is 1. The van der Waals surface area contributed by atoms with Crippen LogP contribution in [0.5, 0.6) is 0 Å². The normalized spacial score (nSPS) is 14.5. The number of rotatable bonds is 3. The predicted octanol–water partition coefficient (Wildman–Crippen LogP) is 1.30. The molecule has 1 aliphatic rings. The molecule has 1 aromatic carbocycles. The second-order valence-corrected chi connectivity index (χ2v) is 5.68. The first kappa shape index (κ1) is 17.6. The van der Waals surface area contributed by atoms with E-state index in [2.05, 4.69) is 15.7 Å². The molecule has 24 heavy (non-hydrogen) atoms. The van der Waals surface area contributed by atoms with Crippen molar-refractivity contribution in [3.8, 4) is 6.07 Å². The third kappa shape index (κ3) is 4.16. The van der Waals surface area contributed by atoms with Gasteiger partial charge in [-0.05, 0) is 18.6 Å². The number of hydrogen-bond acceptors (Lipinski definition) is 5. The molecule has 1 heterocycles.